The van der Waals surface area contributed by atoms with E-state index in [1.54, 1.807) is 0 Å². The fourth-order valence-electron chi connectivity index (χ4n) is 7.65. The van der Waals surface area contributed by atoms with E-state index in [-0.39, 0.29) is 31.1 Å². The third-order valence-corrected chi connectivity index (χ3v) is 11.7. The van der Waals surface area contributed by atoms with Gasteiger partial charge in [0.25, 0.3) is 0 Å². The molecular formula is C59H102O6. The molecule has 0 spiro atoms. The van der Waals surface area contributed by atoms with Gasteiger partial charge in [-0.2, -0.15) is 0 Å². The van der Waals surface area contributed by atoms with Crippen LogP contribution in [0.5, 0.6) is 0 Å². The van der Waals surface area contributed by atoms with Crippen molar-refractivity contribution >= 4 is 17.9 Å². The molecule has 65 heavy (non-hydrogen) atoms. The van der Waals surface area contributed by atoms with E-state index in [1.165, 1.54) is 89.9 Å². The Kier molecular flexibility index (Phi) is 50.9. The predicted molar refractivity (Wildman–Crippen MR) is 279 cm³/mol. The molecule has 6 nitrogen and oxygen atoms in total. The maximum atomic E-state index is 12.8. The van der Waals surface area contributed by atoms with Crippen LogP contribution in [0.25, 0.3) is 0 Å². The normalized spacial score (nSPS) is 12.6. The van der Waals surface area contributed by atoms with Crippen molar-refractivity contribution in [3.05, 3.63) is 72.9 Å². The molecule has 374 valence electrons. The van der Waals surface area contributed by atoms with Crippen LogP contribution in [0.4, 0.5) is 0 Å². The highest BCUT2D eigenvalue weighted by Gasteiger charge is 2.19. The van der Waals surface area contributed by atoms with Crippen LogP contribution < -0.4 is 0 Å². The van der Waals surface area contributed by atoms with Crippen molar-refractivity contribution < 1.29 is 28.6 Å². The number of esters is 3. The van der Waals surface area contributed by atoms with Crippen molar-refractivity contribution in [1.82, 2.24) is 0 Å². The number of ether oxygens (including phenoxy) is 3. The van der Waals surface area contributed by atoms with E-state index in [2.05, 4.69) is 93.7 Å². The van der Waals surface area contributed by atoms with Gasteiger partial charge in [-0.25, -0.2) is 0 Å². The summed E-state index contributed by atoms with van der Waals surface area (Å²) in [5.74, 6) is -0.914. The molecule has 0 radical (unpaired) electrons. The Balaban J connectivity index is 4.41. The molecule has 0 N–H and O–H groups in total. The van der Waals surface area contributed by atoms with E-state index in [1.807, 2.05) is 0 Å². The van der Waals surface area contributed by atoms with Crippen LogP contribution >= 0.6 is 0 Å². The third kappa shape index (κ3) is 51.7. The van der Waals surface area contributed by atoms with Crippen LogP contribution in [0, 0.1) is 0 Å². The van der Waals surface area contributed by atoms with Crippen LogP contribution in [0.15, 0.2) is 72.9 Å². The molecule has 1 atom stereocenters. The minimum absolute atomic E-state index is 0.0862. The van der Waals surface area contributed by atoms with Crippen LogP contribution in [0.3, 0.4) is 0 Å². The van der Waals surface area contributed by atoms with Crippen molar-refractivity contribution in [3.63, 3.8) is 0 Å². The van der Waals surface area contributed by atoms with Crippen molar-refractivity contribution in [1.29, 1.82) is 0 Å². The largest absolute Gasteiger partial charge is 0.462 e. The number of allylic oxidation sites excluding steroid dienone is 12. The number of rotatable bonds is 49. The smallest absolute Gasteiger partial charge is 0.306 e. The molecule has 0 aliphatic rings. The molecule has 0 rings (SSSR count). The van der Waals surface area contributed by atoms with Crippen molar-refractivity contribution in [3.8, 4) is 0 Å². The van der Waals surface area contributed by atoms with Gasteiger partial charge in [0.1, 0.15) is 13.2 Å². The maximum absolute atomic E-state index is 12.8. The monoisotopic (exact) mass is 907 g/mol. The highest BCUT2D eigenvalue weighted by Crippen LogP contribution is 2.16. The van der Waals surface area contributed by atoms with E-state index in [0.29, 0.717) is 19.3 Å². The number of carbonyl (C=O) groups is 3. The minimum atomic E-state index is -0.790. The molecule has 0 amide bonds. The molecule has 0 aliphatic carbocycles. The summed E-state index contributed by atoms with van der Waals surface area (Å²) in [4.78, 5) is 38.1. The molecule has 1 unspecified atom stereocenters. The van der Waals surface area contributed by atoms with E-state index in [0.717, 1.165) is 135 Å². The summed E-state index contributed by atoms with van der Waals surface area (Å²) in [6.07, 6.45) is 67.4. The first-order chi connectivity index (χ1) is 32.0. The highest BCUT2D eigenvalue weighted by molar-refractivity contribution is 5.71. The van der Waals surface area contributed by atoms with Crippen LogP contribution in [0.2, 0.25) is 0 Å². The SMILES string of the molecule is CC/C=C\C/C=C\C/C=C\CCCCCCCC(=O)OCC(COC(=O)CCCCCCCCCCCCCCCCCCC)OC(=O)CCCCCCC/C=C\C/C=C\C/C=C\CC. The van der Waals surface area contributed by atoms with Gasteiger partial charge in [0.15, 0.2) is 6.10 Å². The first-order valence-corrected chi connectivity index (χ1v) is 27.4. The fourth-order valence-corrected chi connectivity index (χ4v) is 7.65. The summed E-state index contributed by atoms with van der Waals surface area (Å²) in [7, 11) is 0. The van der Waals surface area contributed by atoms with Gasteiger partial charge in [-0.3, -0.25) is 14.4 Å². The number of carbonyl (C=O) groups excluding carboxylic acids is 3. The van der Waals surface area contributed by atoms with Crippen molar-refractivity contribution in [2.45, 2.75) is 271 Å². The van der Waals surface area contributed by atoms with Crippen LogP contribution in [-0.2, 0) is 28.6 Å². The molecule has 6 heteroatoms. The van der Waals surface area contributed by atoms with E-state index in [9.17, 15) is 14.4 Å². The summed E-state index contributed by atoms with van der Waals surface area (Å²) >= 11 is 0. The highest BCUT2D eigenvalue weighted by atomic mass is 16.6. The Bertz CT molecular complexity index is 1230. The van der Waals surface area contributed by atoms with Gasteiger partial charge < -0.3 is 14.2 Å². The van der Waals surface area contributed by atoms with Gasteiger partial charge >= 0.3 is 17.9 Å². The quantitative estimate of drug-likeness (QED) is 0.0262. The van der Waals surface area contributed by atoms with Gasteiger partial charge in [-0.05, 0) is 83.5 Å². The second-order valence-electron chi connectivity index (χ2n) is 18.1. The third-order valence-electron chi connectivity index (χ3n) is 11.7. The lowest BCUT2D eigenvalue weighted by molar-refractivity contribution is -0.167. The lowest BCUT2D eigenvalue weighted by atomic mass is 10.0. The zero-order chi connectivity index (χ0) is 47.2. The van der Waals surface area contributed by atoms with E-state index < -0.39 is 6.10 Å². The molecule has 0 heterocycles. The van der Waals surface area contributed by atoms with E-state index >= 15 is 0 Å². The lowest BCUT2D eigenvalue weighted by Gasteiger charge is -2.18. The summed E-state index contributed by atoms with van der Waals surface area (Å²) < 4.78 is 16.8. The van der Waals surface area contributed by atoms with Gasteiger partial charge in [0.2, 0.25) is 0 Å². The van der Waals surface area contributed by atoms with Crippen LogP contribution in [0.1, 0.15) is 265 Å². The molecule has 0 saturated carbocycles. The Hall–Kier alpha value is -3.15. The Labute approximate surface area is 402 Å². The molecule has 0 aliphatic heterocycles. The molecule has 0 aromatic carbocycles. The molecule has 0 aromatic rings. The van der Waals surface area contributed by atoms with Crippen LogP contribution in [-0.4, -0.2) is 37.2 Å². The zero-order valence-electron chi connectivity index (χ0n) is 42.7. The molecule has 0 aromatic heterocycles. The minimum Gasteiger partial charge on any atom is -0.462 e. The average molecular weight is 907 g/mol. The van der Waals surface area contributed by atoms with Gasteiger partial charge in [0.05, 0.1) is 0 Å². The molecular weight excluding hydrogens is 805 g/mol. The predicted octanol–water partition coefficient (Wildman–Crippen LogP) is 18.2. The Morgan fingerprint density at radius 2 is 0.600 bits per heavy atom. The molecule has 0 bridgehead atoms. The van der Waals surface area contributed by atoms with E-state index in [4.69, 9.17) is 14.2 Å². The average Bonchev–Trinajstić information content (AvgIpc) is 3.30. The fraction of sp³-hybridized carbons (Fsp3) is 0.746. The number of hydrogen-bond donors (Lipinski definition) is 0. The summed E-state index contributed by atoms with van der Waals surface area (Å²) in [6, 6.07) is 0. The standard InChI is InChI=1S/C59H102O6/c1-4-7-10-13-16-19-22-25-28-29-32-34-37-40-43-46-49-52-58(61)64-55-56(65-59(62)53-50-47-44-41-38-35-31-27-24-21-18-15-12-9-6-3)54-63-57(60)51-48-45-42-39-36-33-30-26-23-20-17-14-11-8-5-2/h8-9,11-12,17-18,20-21,26-27,30-31,56H,4-7,10,13-16,19,22-25,28-29,32-55H2,1-3H3/b11-8-,12-9-,20-17-,21-18-,30-26-,31-27-. The number of hydrogen-bond acceptors (Lipinski definition) is 6. The number of unbranched alkanes of at least 4 members (excludes halogenated alkanes) is 26. The summed E-state index contributed by atoms with van der Waals surface area (Å²) in [6.45, 7) is 6.41. The van der Waals surface area contributed by atoms with Gasteiger partial charge in [-0.1, -0.05) is 235 Å². The molecule has 0 fully saturated rings. The van der Waals surface area contributed by atoms with Gasteiger partial charge in [-0.15, -0.1) is 0 Å². The maximum Gasteiger partial charge on any atom is 0.306 e. The molecule has 0 saturated heterocycles. The first-order valence-electron chi connectivity index (χ1n) is 27.4. The summed E-state index contributed by atoms with van der Waals surface area (Å²) in [5.41, 5.74) is 0. The first kappa shape index (κ1) is 61.9. The Morgan fingerprint density at radius 3 is 0.938 bits per heavy atom. The Morgan fingerprint density at radius 1 is 0.323 bits per heavy atom. The second kappa shape index (κ2) is 53.5. The topological polar surface area (TPSA) is 78.9 Å². The van der Waals surface area contributed by atoms with Crippen molar-refractivity contribution in [2.24, 2.45) is 0 Å². The zero-order valence-corrected chi connectivity index (χ0v) is 42.7. The van der Waals surface area contributed by atoms with Gasteiger partial charge in [0, 0.05) is 19.3 Å². The summed E-state index contributed by atoms with van der Waals surface area (Å²) in [5, 5.41) is 0. The van der Waals surface area contributed by atoms with Crippen molar-refractivity contribution in [2.75, 3.05) is 13.2 Å². The lowest BCUT2D eigenvalue weighted by Crippen LogP contribution is -2.30. The second-order valence-corrected chi connectivity index (χ2v) is 18.1.